The molecule has 0 fully saturated rings. The van der Waals surface area contributed by atoms with Crippen LogP contribution in [-0.2, 0) is 10.0 Å². The number of ether oxygens (including phenoxy) is 1. The smallest absolute Gasteiger partial charge is 0.261 e. The summed E-state index contributed by atoms with van der Waals surface area (Å²) in [6.07, 6.45) is 0.712. The molecule has 0 aliphatic rings. The quantitative estimate of drug-likeness (QED) is 0.639. The summed E-state index contributed by atoms with van der Waals surface area (Å²) in [5.74, 6) is -1.38. The van der Waals surface area contributed by atoms with Gasteiger partial charge in [-0.25, -0.2) is 8.42 Å². The van der Waals surface area contributed by atoms with Crippen molar-refractivity contribution in [1.82, 2.24) is 0 Å². The number of rotatable bonds is 8. The molecule has 2 amide bonds. The molecule has 0 aliphatic heterocycles. The Morgan fingerprint density at radius 1 is 1.04 bits per heavy atom. The predicted octanol–water partition coefficient (Wildman–Crippen LogP) is 1.47. The van der Waals surface area contributed by atoms with Gasteiger partial charge in [0.05, 0.1) is 28.3 Å². The van der Waals surface area contributed by atoms with Gasteiger partial charge in [0.2, 0.25) is 0 Å². The van der Waals surface area contributed by atoms with E-state index >= 15 is 0 Å². The maximum absolute atomic E-state index is 12.6. The van der Waals surface area contributed by atoms with E-state index in [4.69, 9.17) is 16.2 Å². The third kappa shape index (κ3) is 4.31. The summed E-state index contributed by atoms with van der Waals surface area (Å²) < 4.78 is 32.9. The van der Waals surface area contributed by atoms with Crippen molar-refractivity contribution in [3.63, 3.8) is 0 Å². The molecular weight excluding hydrogens is 358 g/mol. The largest absolute Gasteiger partial charge is 0.493 e. The number of primary amides is 2. The number of nitrogens with two attached hydrogens (primary N) is 2. The predicted molar refractivity (Wildman–Crippen MR) is 96.5 cm³/mol. The van der Waals surface area contributed by atoms with Gasteiger partial charge in [0.25, 0.3) is 21.8 Å². The van der Waals surface area contributed by atoms with Crippen molar-refractivity contribution in [2.75, 3.05) is 11.3 Å². The van der Waals surface area contributed by atoms with Gasteiger partial charge in [0.1, 0.15) is 5.75 Å². The van der Waals surface area contributed by atoms with Crippen LogP contribution in [0.4, 0.5) is 5.69 Å². The lowest BCUT2D eigenvalue weighted by atomic mass is 10.2. The second-order valence-corrected chi connectivity index (χ2v) is 7.07. The fourth-order valence-corrected chi connectivity index (χ4v) is 3.30. The molecule has 9 heteroatoms. The Kier molecular flexibility index (Phi) is 5.83. The number of anilines is 1. The zero-order valence-corrected chi connectivity index (χ0v) is 14.9. The summed E-state index contributed by atoms with van der Waals surface area (Å²) in [5.41, 5.74) is 10.6. The van der Waals surface area contributed by atoms with Gasteiger partial charge in [0.15, 0.2) is 0 Å². The van der Waals surface area contributed by atoms with Crippen molar-refractivity contribution in [1.29, 1.82) is 0 Å². The van der Waals surface area contributed by atoms with Crippen LogP contribution in [-0.4, -0.2) is 26.8 Å². The summed E-state index contributed by atoms with van der Waals surface area (Å²) in [6, 6.07) is 9.70. The van der Waals surface area contributed by atoms with E-state index in [0.717, 1.165) is 6.07 Å². The second-order valence-electron chi connectivity index (χ2n) is 5.39. The Labute approximate surface area is 151 Å². The standard InChI is InChI=1S/C17H19N3O5S/c1-2-9-25-15-8-7-11(10-13(15)17(19)22)26(23,24)20-14-6-4-3-5-12(14)16(18)21/h3-8,10,20H,2,9H2,1H3,(H2,18,21)(H2,19,22). The molecule has 2 aromatic carbocycles. The van der Waals surface area contributed by atoms with Crippen LogP contribution in [0.25, 0.3) is 0 Å². The number of hydrogen-bond donors (Lipinski definition) is 3. The van der Waals surface area contributed by atoms with Gasteiger partial charge in [-0.3, -0.25) is 14.3 Å². The summed E-state index contributed by atoms with van der Waals surface area (Å²) >= 11 is 0. The van der Waals surface area contributed by atoms with E-state index in [2.05, 4.69) is 4.72 Å². The maximum Gasteiger partial charge on any atom is 0.261 e. The van der Waals surface area contributed by atoms with Gasteiger partial charge < -0.3 is 16.2 Å². The molecule has 2 aromatic rings. The van der Waals surface area contributed by atoms with Crippen molar-refractivity contribution in [2.24, 2.45) is 11.5 Å². The third-order valence-electron chi connectivity index (χ3n) is 3.43. The molecule has 0 aromatic heterocycles. The molecule has 8 nitrogen and oxygen atoms in total. The lowest BCUT2D eigenvalue weighted by Crippen LogP contribution is -2.20. The number of para-hydroxylation sites is 1. The third-order valence-corrected chi connectivity index (χ3v) is 4.79. The minimum absolute atomic E-state index is 0.0223. The normalized spacial score (nSPS) is 11.0. The van der Waals surface area contributed by atoms with Crippen LogP contribution in [0.3, 0.4) is 0 Å². The molecule has 0 radical (unpaired) electrons. The second kappa shape index (κ2) is 7.87. The number of hydrogen-bond acceptors (Lipinski definition) is 5. The zero-order valence-electron chi connectivity index (χ0n) is 14.1. The van der Waals surface area contributed by atoms with Crippen molar-refractivity contribution < 1.29 is 22.7 Å². The number of carbonyl (C=O) groups excluding carboxylic acids is 2. The molecule has 0 spiro atoms. The highest BCUT2D eigenvalue weighted by molar-refractivity contribution is 7.92. The fourth-order valence-electron chi connectivity index (χ4n) is 2.20. The van der Waals surface area contributed by atoms with Gasteiger partial charge in [-0.15, -0.1) is 0 Å². The van der Waals surface area contributed by atoms with Crippen molar-refractivity contribution in [3.8, 4) is 5.75 Å². The molecule has 5 N–H and O–H groups in total. The molecular formula is C17H19N3O5S. The number of nitrogens with one attached hydrogen (secondary N) is 1. The Morgan fingerprint density at radius 2 is 1.69 bits per heavy atom. The van der Waals surface area contributed by atoms with Crippen molar-refractivity contribution in [2.45, 2.75) is 18.2 Å². The van der Waals surface area contributed by atoms with E-state index in [0.29, 0.717) is 13.0 Å². The highest BCUT2D eigenvalue weighted by atomic mass is 32.2. The molecule has 26 heavy (non-hydrogen) atoms. The molecule has 0 heterocycles. The van der Waals surface area contributed by atoms with Crippen molar-refractivity contribution >= 4 is 27.5 Å². The highest BCUT2D eigenvalue weighted by Gasteiger charge is 2.21. The van der Waals surface area contributed by atoms with Gasteiger partial charge in [-0.2, -0.15) is 0 Å². The van der Waals surface area contributed by atoms with Crippen LogP contribution < -0.4 is 20.9 Å². The first-order chi connectivity index (χ1) is 12.3. The summed E-state index contributed by atoms with van der Waals surface area (Å²) in [6.45, 7) is 2.25. The first kappa shape index (κ1) is 19.3. The van der Waals surface area contributed by atoms with Crippen LogP contribution >= 0.6 is 0 Å². The number of amides is 2. The van der Waals surface area contributed by atoms with E-state index in [9.17, 15) is 18.0 Å². The van der Waals surface area contributed by atoms with E-state index in [1.807, 2.05) is 6.92 Å². The molecule has 0 unspecified atom stereocenters. The van der Waals surface area contributed by atoms with Gasteiger partial charge in [0, 0.05) is 0 Å². The monoisotopic (exact) mass is 377 g/mol. The number of sulfonamides is 1. The Balaban J connectivity index is 2.42. The number of carbonyl (C=O) groups is 2. The van der Waals surface area contributed by atoms with Crippen LogP contribution in [0, 0.1) is 0 Å². The van der Waals surface area contributed by atoms with Crippen LogP contribution in [0.5, 0.6) is 5.75 Å². The maximum atomic E-state index is 12.6. The summed E-state index contributed by atoms with van der Waals surface area (Å²) in [5, 5.41) is 0. The zero-order chi connectivity index (χ0) is 19.3. The minimum Gasteiger partial charge on any atom is -0.493 e. The number of benzene rings is 2. The Hall–Kier alpha value is -3.07. The minimum atomic E-state index is -4.08. The lowest BCUT2D eigenvalue weighted by molar-refractivity contribution is 0.0989. The summed E-state index contributed by atoms with van der Waals surface area (Å²) in [4.78, 5) is 22.9. The van der Waals surface area contributed by atoms with E-state index in [1.165, 1.54) is 24.3 Å². The first-order valence-electron chi connectivity index (χ1n) is 7.74. The van der Waals surface area contributed by atoms with Crippen LogP contribution in [0.2, 0.25) is 0 Å². The molecule has 138 valence electrons. The van der Waals surface area contributed by atoms with E-state index in [1.54, 1.807) is 12.1 Å². The van der Waals surface area contributed by atoms with E-state index < -0.39 is 21.8 Å². The van der Waals surface area contributed by atoms with Gasteiger partial charge in [-0.1, -0.05) is 19.1 Å². The molecule has 2 rings (SSSR count). The lowest BCUT2D eigenvalue weighted by Gasteiger charge is -2.13. The van der Waals surface area contributed by atoms with E-state index in [-0.39, 0.29) is 27.5 Å². The molecule has 0 aliphatic carbocycles. The van der Waals surface area contributed by atoms with Crippen LogP contribution in [0.1, 0.15) is 34.1 Å². The molecule has 0 saturated heterocycles. The molecule has 0 saturated carbocycles. The van der Waals surface area contributed by atoms with Gasteiger partial charge >= 0.3 is 0 Å². The topological polar surface area (TPSA) is 142 Å². The Morgan fingerprint density at radius 3 is 2.31 bits per heavy atom. The molecule has 0 atom stereocenters. The Bertz CT molecular complexity index is 941. The first-order valence-corrected chi connectivity index (χ1v) is 9.23. The SMILES string of the molecule is CCCOc1ccc(S(=O)(=O)Nc2ccccc2C(N)=O)cc1C(N)=O. The molecule has 0 bridgehead atoms. The van der Waals surface area contributed by atoms with Gasteiger partial charge in [-0.05, 0) is 36.8 Å². The van der Waals surface area contributed by atoms with Crippen LogP contribution in [0.15, 0.2) is 47.4 Å². The average molecular weight is 377 g/mol. The highest BCUT2D eigenvalue weighted by Crippen LogP contribution is 2.25. The summed E-state index contributed by atoms with van der Waals surface area (Å²) in [7, 11) is -4.08. The average Bonchev–Trinajstić information content (AvgIpc) is 2.59. The van der Waals surface area contributed by atoms with Crippen molar-refractivity contribution in [3.05, 3.63) is 53.6 Å². The fraction of sp³-hybridized carbons (Fsp3) is 0.176.